The van der Waals surface area contributed by atoms with E-state index in [0.717, 1.165) is 0 Å². The summed E-state index contributed by atoms with van der Waals surface area (Å²) in [5.41, 5.74) is 0.700. The third-order valence-electron chi connectivity index (χ3n) is 3.76. The van der Waals surface area contributed by atoms with Gasteiger partial charge in [0, 0.05) is 18.7 Å². The highest BCUT2D eigenvalue weighted by molar-refractivity contribution is 5.69. The fourth-order valence-electron chi connectivity index (χ4n) is 2.62. The van der Waals surface area contributed by atoms with Crippen molar-refractivity contribution in [2.45, 2.75) is 6.42 Å². The molecule has 0 aliphatic carbocycles. The molecule has 0 amide bonds. The zero-order valence-corrected chi connectivity index (χ0v) is 13.0. The standard InChI is InChI=1S/C17H17F2N3O2/c18-13-2-1-3-14(19)17(13)12-4-6-22(7-5-12)15-10-20-11-16(21-15)24-9-8-23/h1-4,10-11,23H,5-9H2. The molecule has 2 aromatic rings. The molecule has 0 saturated heterocycles. The molecule has 3 rings (SSSR count). The van der Waals surface area contributed by atoms with Crippen molar-refractivity contribution >= 4 is 11.4 Å². The van der Waals surface area contributed by atoms with E-state index in [4.69, 9.17) is 9.84 Å². The first-order chi connectivity index (χ1) is 11.7. The van der Waals surface area contributed by atoms with Gasteiger partial charge in [0.05, 0.1) is 19.0 Å². The molecule has 1 aliphatic rings. The molecule has 1 aliphatic heterocycles. The largest absolute Gasteiger partial charge is 0.474 e. The number of hydrogen-bond acceptors (Lipinski definition) is 5. The Morgan fingerprint density at radius 1 is 1.21 bits per heavy atom. The summed E-state index contributed by atoms with van der Waals surface area (Å²) in [6.07, 6.45) is 5.38. The Kier molecular flexibility index (Phi) is 5.00. The predicted octanol–water partition coefficient (Wildman–Crippen LogP) is 2.42. The maximum Gasteiger partial charge on any atom is 0.234 e. The quantitative estimate of drug-likeness (QED) is 0.911. The third kappa shape index (κ3) is 3.51. The van der Waals surface area contributed by atoms with Crippen LogP contribution in [-0.4, -0.2) is 41.4 Å². The Morgan fingerprint density at radius 3 is 2.67 bits per heavy atom. The molecule has 0 radical (unpaired) electrons. The summed E-state index contributed by atoms with van der Waals surface area (Å²) in [6.45, 7) is 1.09. The van der Waals surface area contributed by atoms with Crippen molar-refractivity contribution in [1.82, 2.24) is 9.97 Å². The second-order valence-electron chi connectivity index (χ2n) is 5.31. The molecular weight excluding hydrogens is 316 g/mol. The lowest BCUT2D eigenvalue weighted by atomic mass is 9.98. The number of nitrogens with zero attached hydrogens (tertiary/aromatic N) is 3. The number of halogens is 2. The highest BCUT2D eigenvalue weighted by atomic mass is 19.1. The van der Waals surface area contributed by atoms with Crippen molar-refractivity contribution < 1.29 is 18.6 Å². The van der Waals surface area contributed by atoms with E-state index >= 15 is 0 Å². The highest BCUT2D eigenvalue weighted by Crippen LogP contribution is 2.28. The van der Waals surface area contributed by atoms with Crippen LogP contribution < -0.4 is 9.64 Å². The highest BCUT2D eigenvalue weighted by Gasteiger charge is 2.19. The number of aliphatic hydroxyl groups is 1. The molecule has 1 aromatic heterocycles. The van der Waals surface area contributed by atoms with Crippen molar-refractivity contribution in [3.8, 4) is 5.88 Å². The lowest BCUT2D eigenvalue weighted by Gasteiger charge is -2.27. The van der Waals surface area contributed by atoms with Crippen LogP contribution in [0.5, 0.6) is 5.88 Å². The van der Waals surface area contributed by atoms with E-state index in [1.807, 2.05) is 4.90 Å². The molecular formula is C17H17F2N3O2. The molecule has 0 saturated carbocycles. The summed E-state index contributed by atoms with van der Waals surface area (Å²) in [4.78, 5) is 10.3. The van der Waals surface area contributed by atoms with Crippen LogP contribution in [0.15, 0.2) is 36.7 Å². The minimum absolute atomic E-state index is 0.0447. The van der Waals surface area contributed by atoms with Gasteiger partial charge in [0.2, 0.25) is 5.88 Å². The number of hydrogen-bond donors (Lipinski definition) is 1. The van der Waals surface area contributed by atoms with E-state index in [9.17, 15) is 8.78 Å². The second-order valence-corrected chi connectivity index (χ2v) is 5.31. The summed E-state index contributed by atoms with van der Waals surface area (Å²) >= 11 is 0. The zero-order chi connectivity index (χ0) is 16.9. The summed E-state index contributed by atoms with van der Waals surface area (Å²) in [5.74, 6) is -0.144. The van der Waals surface area contributed by atoms with Crippen molar-refractivity contribution in [3.05, 3.63) is 53.9 Å². The maximum absolute atomic E-state index is 13.9. The van der Waals surface area contributed by atoms with E-state index in [2.05, 4.69) is 9.97 Å². The molecule has 0 atom stereocenters. The summed E-state index contributed by atoms with van der Waals surface area (Å²) in [6, 6.07) is 3.88. The zero-order valence-electron chi connectivity index (χ0n) is 13.0. The van der Waals surface area contributed by atoms with Gasteiger partial charge in [-0.15, -0.1) is 0 Å². The summed E-state index contributed by atoms with van der Waals surface area (Å²) < 4.78 is 33.0. The van der Waals surface area contributed by atoms with Crippen molar-refractivity contribution in [2.24, 2.45) is 0 Å². The summed E-state index contributed by atoms with van der Waals surface area (Å²) in [7, 11) is 0. The van der Waals surface area contributed by atoms with Crippen LogP contribution >= 0.6 is 0 Å². The fraction of sp³-hybridized carbons (Fsp3) is 0.294. The van der Waals surface area contributed by atoms with Gasteiger partial charge < -0.3 is 14.7 Å². The topological polar surface area (TPSA) is 58.5 Å². The third-order valence-corrected chi connectivity index (χ3v) is 3.76. The molecule has 0 unspecified atom stereocenters. The number of ether oxygens (including phenoxy) is 1. The van der Waals surface area contributed by atoms with E-state index in [0.29, 0.717) is 36.8 Å². The van der Waals surface area contributed by atoms with Crippen LogP contribution in [0.25, 0.3) is 5.57 Å². The van der Waals surface area contributed by atoms with Crippen LogP contribution in [0.3, 0.4) is 0 Å². The molecule has 24 heavy (non-hydrogen) atoms. The first-order valence-corrected chi connectivity index (χ1v) is 7.63. The van der Waals surface area contributed by atoms with Gasteiger partial charge in [0.1, 0.15) is 18.2 Å². The molecule has 1 N–H and O–H groups in total. The van der Waals surface area contributed by atoms with Crippen molar-refractivity contribution in [1.29, 1.82) is 0 Å². The lowest BCUT2D eigenvalue weighted by Crippen LogP contribution is -2.29. The van der Waals surface area contributed by atoms with E-state index in [1.165, 1.54) is 24.4 Å². The first-order valence-electron chi connectivity index (χ1n) is 7.63. The minimum Gasteiger partial charge on any atom is -0.474 e. The number of rotatable bonds is 5. The van der Waals surface area contributed by atoms with Crippen LogP contribution in [0.1, 0.15) is 12.0 Å². The Labute approximate surface area is 138 Å². The van der Waals surface area contributed by atoms with Gasteiger partial charge in [-0.1, -0.05) is 12.1 Å². The fourth-order valence-corrected chi connectivity index (χ4v) is 2.62. The minimum atomic E-state index is -0.547. The molecule has 2 heterocycles. The van der Waals surface area contributed by atoms with Crippen LogP contribution in [0, 0.1) is 11.6 Å². The van der Waals surface area contributed by atoms with Crippen LogP contribution in [-0.2, 0) is 0 Å². The van der Waals surface area contributed by atoms with Crippen LogP contribution in [0.2, 0.25) is 0 Å². The van der Waals surface area contributed by atoms with Gasteiger partial charge in [0.25, 0.3) is 0 Å². The number of anilines is 1. The van der Waals surface area contributed by atoms with Gasteiger partial charge in [0.15, 0.2) is 5.82 Å². The van der Waals surface area contributed by atoms with Gasteiger partial charge in [-0.25, -0.2) is 8.78 Å². The smallest absolute Gasteiger partial charge is 0.234 e. The molecule has 7 heteroatoms. The molecule has 0 spiro atoms. The SMILES string of the molecule is OCCOc1cncc(N2CC=C(c3c(F)cccc3F)CC2)n1. The Bertz CT molecular complexity index is 732. The average Bonchev–Trinajstić information content (AvgIpc) is 2.61. The Balaban J connectivity index is 1.76. The van der Waals surface area contributed by atoms with Gasteiger partial charge in [-0.2, -0.15) is 4.98 Å². The first kappa shape index (κ1) is 16.3. The molecule has 1 aromatic carbocycles. The predicted molar refractivity (Wildman–Crippen MR) is 85.8 cm³/mol. The van der Waals surface area contributed by atoms with Gasteiger partial charge >= 0.3 is 0 Å². The van der Waals surface area contributed by atoms with Crippen molar-refractivity contribution in [2.75, 3.05) is 31.2 Å². The normalized spacial score (nSPS) is 14.5. The second kappa shape index (κ2) is 7.35. The average molecular weight is 333 g/mol. The summed E-state index contributed by atoms with van der Waals surface area (Å²) in [5, 5.41) is 8.78. The lowest BCUT2D eigenvalue weighted by molar-refractivity contribution is 0.196. The molecule has 0 fully saturated rings. The molecule has 0 bridgehead atoms. The number of aromatic nitrogens is 2. The molecule has 5 nitrogen and oxygen atoms in total. The monoisotopic (exact) mass is 333 g/mol. The Hall–Kier alpha value is -2.54. The maximum atomic E-state index is 13.9. The van der Waals surface area contributed by atoms with E-state index < -0.39 is 11.6 Å². The number of benzene rings is 1. The Morgan fingerprint density at radius 2 is 2.00 bits per heavy atom. The van der Waals surface area contributed by atoms with E-state index in [1.54, 1.807) is 12.3 Å². The van der Waals surface area contributed by atoms with Crippen molar-refractivity contribution in [3.63, 3.8) is 0 Å². The van der Waals surface area contributed by atoms with E-state index in [-0.39, 0.29) is 18.8 Å². The van der Waals surface area contributed by atoms with Gasteiger partial charge in [-0.3, -0.25) is 4.98 Å². The number of aliphatic hydroxyl groups excluding tert-OH is 1. The van der Waals surface area contributed by atoms with Gasteiger partial charge in [-0.05, 0) is 24.1 Å². The van der Waals surface area contributed by atoms with Crippen LogP contribution in [0.4, 0.5) is 14.6 Å². The molecule has 126 valence electrons.